The third-order valence-corrected chi connectivity index (χ3v) is 3.81. The van der Waals surface area contributed by atoms with Gasteiger partial charge < -0.3 is 10.3 Å². The van der Waals surface area contributed by atoms with Gasteiger partial charge in [0, 0.05) is 12.5 Å². The zero-order valence-electron chi connectivity index (χ0n) is 10.7. The van der Waals surface area contributed by atoms with E-state index >= 15 is 0 Å². The van der Waals surface area contributed by atoms with E-state index in [1.165, 1.54) is 0 Å². The summed E-state index contributed by atoms with van der Waals surface area (Å²) in [6.07, 6.45) is 2.91. The summed E-state index contributed by atoms with van der Waals surface area (Å²) in [6, 6.07) is 2.70. The Kier molecular flexibility index (Phi) is 4.36. The van der Waals surface area contributed by atoms with E-state index in [0.29, 0.717) is 10.7 Å². The lowest BCUT2D eigenvalue weighted by Gasteiger charge is -2.04. The Labute approximate surface area is 121 Å². The van der Waals surface area contributed by atoms with Crippen LogP contribution in [0.25, 0.3) is 11.5 Å². The molecule has 0 bridgehead atoms. The van der Waals surface area contributed by atoms with Crippen molar-refractivity contribution in [2.45, 2.75) is 12.5 Å². The summed E-state index contributed by atoms with van der Waals surface area (Å²) in [6.45, 7) is 0. The number of halogens is 1. The Bertz CT molecular complexity index is 701. The van der Waals surface area contributed by atoms with Gasteiger partial charge in [-0.25, -0.2) is 8.42 Å². The van der Waals surface area contributed by atoms with Crippen LogP contribution in [0.4, 0.5) is 0 Å². The molecule has 0 fully saturated rings. The first-order chi connectivity index (χ1) is 9.37. The maximum atomic E-state index is 11.1. The number of pyridine rings is 1. The molecule has 2 aromatic heterocycles. The first kappa shape index (κ1) is 14.9. The molecule has 20 heavy (non-hydrogen) atoms. The summed E-state index contributed by atoms with van der Waals surface area (Å²) >= 11 is 5.97. The van der Waals surface area contributed by atoms with E-state index in [2.05, 4.69) is 15.1 Å². The van der Waals surface area contributed by atoms with Crippen molar-refractivity contribution < 1.29 is 12.9 Å². The highest BCUT2D eigenvalue weighted by Crippen LogP contribution is 2.24. The van der Waals surface area contributed by atoms with E-state index in [0.717, 1.165) is 6.26 Å². The second-order valence-electron chi connectivity index (χ2n) is 4.32. The van der Waals surface area contributed by atoms with Gasteiger partial charge in [-0.15, -0.1) is 0 Å². The van der Waals surface area contributed by atoms with Crippen LogP contribution in [0.3, 0.4) is 0 Å². The van der Waals surface area contributed by atoms with Gasteiger partial charge in [0.1, 0.15) is 15.5 Å². The molecule has 0 aliphatic heterocycles. The highest BCUT2D eigenvalue weighted by Gasteiger charge is 2.19. The first-order valence-electron chi connectivity index (χ1n) is 5.74. The average molecular weight is 317 g/mol. The fourth-order valence-electron chi connectivity index (χ4n) is 1.50. The van der Waals surface area contributed by atoms with E-state index in [-0.39, 0.29) is 23.9 Å². The van der Waals surface area contributed by atoms with Crippen molar-refractivity contribution in [3.05, 3.63) is 29.2 Å². The van der Waals surface area contributed by atoms with Gasteiger partial charge in [-0.3, -0.25) is 4.98 Å². The van der Waals surface area contributed by atoms with E-state index in [4.69, 9.17) is 21.9 Å². The Morgan fingerprint density at radius 3 is 2.90 bits per heavy atom. The van der Waals surface area contributed by atoms with Gasteiger partial charge in [0.2, 0.25) is 11.7 Å². The zero-order valence-corrected chi connectivity index (χ0v) is 12.2. The van der Waals surface area contributed by atoms with Crippen molar-refractivity contribution >= 4 is 21.4 Å². The number of hydrogen-bond donors (Lipinski definition) is 1. The molecule has 2 N–H and O–H groups in total. The third kappa shape index (κ3) is 3.75. The molecule has 1 atom stereocenters. The molecule has 0 aromatic carbocycles. The lowest BCUT2D eigenvalue weighted by atomic mass is 10.2. The Hall–Kier alpha value is -1.51. The minimum absolute atomic E-state index is 0.0454. The standard InChI is InChI=1S/C11H13ClN4O3S/c1-20(17,18)6-4-8(13)11-15-10(16-19-11)9-7(12)3-2-5-14-9/h2-3,5,8H,4,6,13H2,1H3. The molecule has 2 aromatic rings. The van der Waals surface area contributed by atoms with Gasteiger partial charge >= 0.3 is 0 Å². The van der Waals surface area contributed by atoms with Crippen molar-refractivity contribution in [1.29, 1.82) is 0 Å². The summed E-state index contributed by atoms with van der Waals surface area (Å²) in [5, 5.41) is 4.14. The summed E-state index contributed by atoms with van der Waals surface area (Å²) in [5.74, 6) is 0.335. The second kappa shape index (κ2) is 5.86. The maximum absolute atomic E-state index is 11.1. The quantitative estimate of drug-likeness (QED) is 0.882. The summed E-state index contributed by atoms with van der Waals surface area (Å²) < 4.78 is 27.2. The molecule has 9 heteroatoms. The molecule has 0 spiro atoms. The van der Waals surface area contributed by atoms with Crippen LogP contribution >= 0.6 is 11.6 Å². The van der Waals surface area contributed by atoms with E-state index in [1.54, 1.807) is 18.3 Å². The Morgan fingerprint density at radius 1 is 1.50 bits per heavy atom. The smallest absolute Gasteiger partial charge is 0.243 e. The van der Waals surface area contributed by atoms with Crippen LogP contribution in [0.15, 0.2) is 22.9 Å². The van der Waals surface area contributed by atoms with Crippen LogP contribution in [0.1, 0.15) is 18.4 Å². The number of hydrogen-bond acceptors (Lipinski definition) is 7. The van der Waals surface area contributed by atoms with Crippen molar-refractivity contribution in [2.75, 3.05) is 12.0 Å². The van der Waals surface area contributed by atoms with Crippen LogP contribution in [-0.4, -0.2) is 35.6 Å². The SMILES string of the molecule is CS(=O)(=O)CCC(N)c1nc(-c2ncccc2Cl)no1. The zero-order chi connectivity index (χ0) is 14.8. The summed E-state index contributed by atoms with van der Waals surface area (Å²) in [7, 11) is -3.08. The monoisotopic (exact) mass is 316 g/mol. The summed E-state index contributed by atoms with van der Waals surface area (Å²) in [4.78, 5) is 8.15. The molecule has 0 radical (unpaired) electrons. The predicted octanol–water partition coefficient (Wildman–Crippen LogP) is 1.22. The summed E-state index contributed by atoms with van der Waals surface area (Å²) in [5.41, 5.74) is 6.21. The third-order valence-electron chi connectivity index (χ3n) is 2.53. The molecular formula is C11H13ClN4O3S. The largest absolute Gasteiger partial charge is 0.337 e. The van der Waals surface area contributed by atoms with Gasteiger partial charge in [-0.2, -0.15) is 4.98 Å². The minimum Gasteiger partial charge on any atom is -0.337 e. The van der Waals surface area contributed by atoms with Crippen LogP contribution in [0.5, 0.6) is 0 Å². The second-order valence-corrected chi connectivity index (χ2v) is 6.98. The van der Waals surface area contributed by atoms with Crippen molar-refractivity contribution in [3.8, 4) is 11.5 Å². The van der Waals surface area contributed by atoms with Gasteiger partial charge in [0.15, 0.2) is 0 Å². The highest BCUT2D eigenvalue weighted by molar-refractivity contribution is 7.90. The highest BCUT2D eigenvalue weighted by atomic mass is 35.5. The molecule has 2 rings (SSSR count). The molecule has 0 amide bonds. The predicted molar refractivity (Wildman–Crippen MR) is 73.8 cm³/mol. The lowest BCUT2D eigenvalue weighted by molar-refractivity contribution is 0.352. The molecule has 0 saturated carbocycles. The van der Waals surface area contributed by atoms with E-state index < -0.39 is 15.9 Å². The van der Waals surface area contributed by atoms with Crippen LogP contribution < -0.4 is 5.73 Å². The van der Waals surface area contributed by atoms with E-state index in [9.17, 15) is 8.42 Å². The number of nitrogens with two attached hydrogens (primary N) is 1. The minimum atomic E-state index is -3.08. The van der Waals surface area contributed by atoms with Gasteiger partial charge in [0.05, 0.1) is 16.8 Å². The van der Waals surface area contributed by atoms with Gasteiger partial charge in [0.25, 0.3) is 0 Å². The van der Waals surface area contributed by atoms with Crippen LogP contribution in [0, 0.1) is 0 Å². The number of sulfone groups is 1. The first-order valence-corrected chi connectivity index (χ1v) is 8.18. The molecule has 7 nitrogen and oxygen atoms in total. The van der Waals surface area contributed by atoms with Crippen molar-refractivity contribution in [1.82, 2.24) is 15.1 Å². The fraction of sp³-hybridized carbons (Fsp3) is 0.364. The molecule has 0 saturated heterocycles. The molecule has 0 aliphatic carbocycles. The van der Waals surface area contributed by atoms with Gasteiger partial charge in [-0.05, 0) is 18.6 Å². The van der Waals surface area contributed by atoms with Crippen LogP contribution in [0.2, 0.25) is 5.02 Å². The van der Waals surface area contributed by atoms with Gasteiger partial charge in [-0.1, -0.05) is 16.8 Å². The number of nitrogens with zero attached hydrogens (tertiary/aromatic N) is 3. The number of rotatable bonds is 5. The molecular weight excluding hydrogens is 304 g/mol. The fourth-order valence-corrected chi connectivity index (χ4v) is 2.38. The molecule has 108 valence electrons. The normalized spacial score (nSPS) is 13.3. The maximum Gasteiger partial charge on any atom is 0.243 e. The van der Waals surface area contributed by atoms with E-state index in [1.807, 2.05) is 0 Å². The van der Waals surface area contributed by atoms with Crippen molar-refractivity contribution in [3.63, 3.8) is 0 Å². The Balaban J connectivity index is 2.15. The van der Waals surface area contributed by atoms with Crippen LogP contribution in [-0.2, 0) is 9.84 Å². The topological polar surface area (TPSA) is 112 Å². The Morgan fingerprint density at radius 2 is 2.25 bits per heavy atom. The average Bonchev–Trinajstić information content (AvgIpc) is 2.85. The molecule has 1 unspecified atom stereocenters. The lowest BCUT2D eigenvalue weighted by Crippen LogP contribution is -2.16. The molecule has 2 heterocycles. The van der Waals surface area contributed by atoms with Crippen molar-refractivity contribution in [2.24, 2.45) is 5.73 Å². The number of aromatic nitrogens is 3. The molecule has 0 aliphatic rings.